The topological polar surface area (TPSA) is 25.8 Å². The summed E-state index contributed by atoms with van der Waals surface area (Å²) in [5.74, 6) is 1.60. The summed E-state index contributed by atoms with van der Waals surface area (Å²) < 4.78 is 0. The van der Waals surface area contributed by atoms with Crippen LogP contribution in [-0.2, 0) is 5.33 Å². The quantitative estimate of drug-likeness (QED) is 0.758. The smallest absolute Gasteiger partial charge is 0.132 e. The van der Waals surface area contributed by atoms with Crippen LogP contribution in [0.5, 0.6) is 0 Å². The van der Waals surface area contributed by atoms with Crippen molar-refractivity contribution in [2.75, 3.05) is 0 Å². The number of aryl methyl sites for hydroxylation is 1. The van der Waals surface area contributed by atoms with Gasteiger partial charge in [0, 0.05) is 28.7 Å². The van der Waals surface area contributed by atoms with E-state index in [9.17, 15) is 0 Å². The van der Waals surface area contributed by atoms with E-state index in [-0.39, 0.29) is 0 Å². The molecule has 1 saturated carbocycles. The van der Waals surface area contributed by atoms with E-state index in [0.717, 1.165) is 16.8 Å². The molecule has 1 aliphatic carbocycles. The van der Waals surface area contributed by atoms with E-state index >= 15 is 0 Å². The molecule has 1 aromatic heterocycles. The minimum atomic E-state index is 0.419. The molecule has 0 radical (unpaired) electrons. The van der Waals surface area contributed by atoms with E-state index < -0.39 is 0 Å². The zero-order chi connectivity index (χ0) is 10.3. The molecule has 1 heterocycles. The first-order valence-corrected chi connectivity index (χ1v) is 6.05. The van der Waals surface area contributed by atoms with Crippen LogP contribution in [-0.4, -0.2) is 9.97 Å². The number of aromatic nitrogens is 2. The lowest BCUT2D eigenvalue weighted by molar-refractivity contribution is 0.607. The molecule has 2 rings (SSSR count). The average Bonchev–Trinajstić information content (AvgIpc) is 2.75. The molecule has 0 aliphatic heterocycles. The van der Waals surface area contributed by atoms with Gasteiger partial charge in [0.15, 0.2) is 0 Å². The summed E-state index contributed by atoms with van der Waals surface area (Å²) in [6, 6.07) is 0. The highest BCUT2D eigenvalue weighted by Gasteiger charge is 2.48. The van der Waals surface area contributed by atoms with Crippen LogP contribution in [0.25, 0.3) is 0 Å². The molecule has 0 saturated heterocycles. The third kappa shape index (κ3) is 1.70. The maximum atomic E-state index is 4.56. The van der Waals surface area contributed by atoms with Gasteiger partial charge in [-0.15, -0.1) is 0 Å². The fraction of sp³-hybridized carbons (Fsp3) is 0.636. The first-order chi connectivity index (χ1) is 6.54. The Morgan fingerprint density at radius 1 is 1.57 bits per heavy atom. The van der Waals surface area contributed by atoms with E-state index in [0.29, 0.717) is 11.3 Å². The molecule has 3 heteroatoms. The molecule has 1 aliphatic rings. The third-order valence-corrected chi connectivity index (χ3v) is 3.67. The lowest BCUT2D eigenvalue weighted by Gasteiger charge is -2.05. The summed E-state index contributed by atoms with van der Waals surface area (Å²) in [6.07, 6.45) is 3.17. The molecule has 0 N–H and O–H groups in total. The summed E-state index contributed by atoms with van der Waals surface area (Å²) in [7, 11) is 0. The molecule has 1 fully saturated rings. The van der Waals surface area contributed by atoms with Crippen molar-refractivity contribution in [1.29, 1.82) is 0 Å². The van der Waals surface area contributed by atoms with Crippen LogP contribution in [0.2, 0.25) is 0 Å². The van der Waals surface area contributed by atoms with Gasteiger partial charge in [0.2, 0.25) is 0 Å². The molecule has 14 heavy (non-hydrogen) atoms. The van der Waals surface area contributed by atoms with Gasteiger partial charge in [0.1, 0.15) is 5.82 Å². The second kappa shape index (κ2) is 3.30. The van der Waals surface area contributed by atoms with Crippen molar-refractivity contribution >= 4 is 15.9 Å². The Kier molecular flexibility index (Phi) is 2.38. The Bertz CT molecular complexity index is 360. The molecule has 0 aromatic carbocycles. The lowest BCUT2D eigenvalue weighted by atomic mass is 10.1. The van der Waals surface area contributed by atoms with Gasteiger partial charge in [-0.25, -0.2) is 9.97 Å². The van der Waals surface area contributed by atoms with Crippen LogP contribution in [0.15, 0.2) is 6.20 Å². The fourth-order valence-corrected chi connectivity index (χ4v) is 2.27. The second-order valence-electron chi connectivity index (χ2n) is 4.72. The summed E-state index contributed by atoms with van der Waals surface area (Å²) in [5, 5.41) is 0.840. The van der Waals surface area contributed by atoms with Gasteiger partial charge < -0.3 is 0 Å². The van der Waals surface area contributed by atoms with Crippen molar-refractivity contribution in [3.8, 4) is 0 Å². The predicted molar refractivity (Wildman–Crippen MR) is 60.5 cm³/mol. The average molecular weight is 255 g/mol. The summed E-state index contributed by atoms with van der Waals surface area (Å²) in [5.41, 5.74) is 2.71. The molecular formula is C11H15BrN2. The summed E-state index contributed by atoms with van der Waals surface area (Å²) in [4.78, 5) is 8.99. The molecule has 1 aromatic rings. The van der Waals surface area contributed by atoms with Crippen LogP contribution < -0.4 is 0 Å². The van der Waals surface area contributed by atoms with E-state index in [4.69, 9.17) is 0 Å². The highest BCUT2D eigenvalue weighted by Crippen LogP contribution is 2.57. The molecule has 0 spiro atoms. The van der Waals surface area contributed by atoms with Gasteiger partial charge in [0.05, 0.1) is 0 Å². The zero-order valence-electron chi connectivity index (χ0n) is 8.84. The van der Waals surface area contributed by atoms with Gasteiger partial charge >= 0.3 is 0 Å². The zero-order valence-corrected chi connectivity index (χ0v) is 10.4. The summed E-state index contributed by atoms with van der Waals surface area (Å²) >= 11 is 3.43. The van der Waals surface area contributed by atoms with E-state index in [1.165, 1.54) is 12.0 Å². The highest BCUT2D eigenvalue weighted by atomic mass is 79.9. The molecule has 0 amide bonds. The molecular weight excluding hydrogens is 240 g/mol. The van der Waals surface area contributed by atoms with Crippen LogP contribution in [0.4, 0.5) is 0 Å². The maximum absolute atomic E-state index is 4.56. The molecule has 76 valence electrons. The van der Waals surface area contributed by atoms with Crippen molar-refractivity contribution in [2.45, 2.75) is 38.4 Å². The summed E-state index contributed by atoms with van der Waals surface area (Å²) in [6.45, 7) is 6.60. The fourth-order valence-electron chi connectivity index (χ4n) is 1.72. The van der Waals surface area contributed by atoms with Crippen molar-refractivity contribution in [3.05, 3.63) is 23.3 Å². The number of hydrogen-bond acceptors (Lipinski definition) is 2. The Hall–Kier alpha value is -0.440. The van der Waals surface area contributed by atoms with E-state index in [1.54, 1.807) is 0 Å². The Balaban J connectivity index is 2.26. The number of rotatable bonds is 2. The molecule has 1 unspecified atom stereocenters. The number of halogens is 1. The first kappa shape index (κ1) is 10.1. The minimum Gasteiger partial charge on any atom is -0.241 e. The monoisotopic (exact) mass is 254 g/mol. The molecule has 2 nitrogen and oxygen atoms in total. The first-order valence-electron chi connectivity index (χ1n) is 4.93. The third-order valence-electron chi connectivity index (χ3n) is 3.07. The molecule has 1 atom stereocenters. The SMILES string of the molecule is Cc1nc(C2CC2(C)C)ncc1CBr. The van der Waals surface area contributed by atoms with Crippen molar-refractivity contribution < 1.29 is 0 Å². The Labute approximate surface area is 93.3 Å². The predicted octanol–water partition coefficient (Wildman–Crippen LogP) is 3.19. The Morgan fingerprint density at radius 3 is 2.64 bits per heavy atom. The number of alkyl halides is 1. The van der Waals surface area contributed by atoms with Crippen molar-refractivity contribution in [2.24, 2.45) is 5.41 Å². The van der Waals surface area contributed by atoms with Gasteiger partial charge in [0.25, 0.3) is 0 Å². The van der Waals surface area contributed by atoms with Crippen molar-refractivity contribution in [1.82, 2.24) is 9.97 Å². The largest absolute Gasteiger partial charge is 0.241 e. The van der Waals surface area contributed by atoms with Crippen LogP contribution >= 0.6 is 15.9 Å². The Morgan fingerprint density at radius 2 is 2.21 bits per heavy atom. The van der Waals surface area contributed by atoms with Gasteiger partial charge in [-0.1, -0.05) is 29.8 Å². The standard InChI is InChI=1S/C11H15BrN2/c1-7-8(5-12)6-13-10(14-7)9-4-11(9,2)3/h6,9H,4-5H2,1-3H3. The van der Waals surface area contributed by atoms with E-state index in [1.807, 2.05) is 6.20 Å². The molecule has 0 bridgehead atoms. The van der Waals surface area contributed by atoms with Gasteiger partial charge in [-0.05, 0) is 18.8 Å². The number of nitrogens with zero attached hydrogens (tertiary/aromatic N) is 2. The van der Waals surface area contributed by atoms with Gasteiger partial charge in [-0.3, -0.25) is 0 Å². The van der Waals surface area contributed by atoms with Crippen LogP contribution in [0.1, 0.15) is 43.3 Å². The van der Waals surface area contributed by atoms with Crippen LogP contribution in [0, 0.1) is 12.3 Å². The normalized spacial score (nSPS) is 23.6. The highest BCUT2D eigenvalue weighted by molar-refractivity contribution is 9.08. The lowest BCUT2D eigenvalue weighted by Crippen LogP contribution is -2.01. The van der Waals surface area contributed by atoms with E-state index in [2.05, 4.69) is 46.7 Å². The number of hydrogen-bond donors (Lipinski definition) is 0. The van der Waals surface area contributed by atoms with Gasteiger partial charge in [-0.2, -0.15) is 0 Å². The van der Waals surface area contributed by atoms with Crippen molar-refractivity contribution in [3.63, 3.8) is 0 Å². The van der Waals surface area contributed by atoms with Crippen LogP contribution in [0.3, 0.4) is 0 Å². The minimum absolute atomic E-state index is 0.419. The second-order valence-corrected chi connectivity index (χ2v) is 5.28. The maximum Gasteiger partial charge on any atom is 0.132 e.